The minimum Gasteiger partial charge on any atom is -0.298 e. The molecular weight excluding hydrogens is 442 g/mol. The molecule has 0 fully saturated rings. The maximum absolute atomic E-state index is 12.9. The summed E-state index contributed by atoms with van der Waals surface area (Å²) in [6.07, 6.45) is -9.82. The maximum atomic E-state index is 12.9. The molecule has 3 aromatic rings. The molecule has 29 heavy (non-hydrogen) atoms. The number of ketones is 1. The molecule has 2 heterocycles. The van der Waals surface area contributed by atoms with Crippen molar-refractivity contribution in [2.45, 2.75) is 12.4 Å². The standard InChI is InChI=1S/C17H8F6N2O2S2/c18-16(19,20)9-4-1-3-8(7-9)14(27)25-15-24-11(10-5-2-6-28-10)12(29-15)13(26)17(21,22)23/h1-7H,(H,24,25,27). The number of halogens is 6. The van der Waals surface area contributed by atoms with Crippen LogP contribution in [-0.4, -0.2) is 22.9 Å². The number of thiazole rings is 1. The van der Waals surface area contributed by atoms with Gasteiger partial charge in [-0.1, -0.05) is 23.5 Å². The number of Topliss-reactive ketones (excluding diaryl/α,β-unsaturated/α-hetero) is 1. The van der Waals surface area contributed by atoms with Crippen LogP contribution in [0.15, 0.2) is 41.8 Å². The van der Waals surface area contributed by atoms with E-state index in [-0.39, 0.29) is 21.3 Å². The van der Waals surface area contributed by atoms with Crippen LogP contribution in [0, 0.1) is 0 Å². The Labute approximate surface area is 166 Å². The number of rotatable bonds is 4. The van der Waals surface area contributed by atoms with Gasteiger partial charge < -0.3 is 0 Å². The van der Waals surface area contributed by atoms with Crippen LogP contribution in [0.1, 0.15) is 25.6 Å². The highest BCUT2D eigenvalue weighted by molar-refractivity contribution is 7.19. The average molecular weight is 450 g/mol. The number of aromatic nitrogens is 1. The molecule has 0 saturated heterocycles. The zero-order chi connectivity index (χ0) is 21.4. The predicted octanol–water partition coefficient (Wildman–Crippen LogP) is 5.89. The molecule has 0 radical (unpaired) electrons. The number of thiophene rings is 1. The molecule has 1 amide bonds. The summed E-state index contributed by atoms with van der Waals surface area (Å²) in [6.45, 7) is 0. The van der Waals surface area contributed by atoms with Gasteiger partial charge in [0.1, 0.15) is 10.6 Å². The molecule has 0 atom stereocenters. The number of carbonyl (C=O) groups excluding carboxylic acids is 2. The van der Waals surface area contributed by atoms with E-state index in [0.29, 0.717) is 17.4 Å². The van der Waals surface area contributed by atoms with Crippen LogP contribution >= 0.6 is 22.7 Å². The third-order valence-electron chi connectivity index (χ3n) is 3.52. The van der Waals surface area contributed by atoms with Crippen LogP contribution < -0.4 is 5.32 Å². The van der Waals surface area contributed by atoms with Gasteiger partial charge in [-0.3, -0.25) is 14.9 Å². The molecule has 1 N–H and O–H groups in total. The number of nitrogens with one attached hydrogen (secondary N) is 1. The van der Waals surface area contributed by atoms with Crippen LogP contribution in [0.4, 0.5) is 31.5 Å². The Morgan fingerprint density at radius 1 is 1.00 bits per heavy atom. The topological polar surface area (TPSA) is 59.1 Å². The van der Waals surface area contributed by atoms with E-state index in [1.54, 1.807) is 11.4 Å². The van der Waals surface area contributed by atoms with Crippen molar-refractivity contribution in [3.63, 3.8) is 0 Å². The van der Waals surface area contributed by atoms with E-state index in [9.17, 15) is 35.9 Å². The van der Waals surface area contributed by atoms with Crippen molar-refractivity contribution in [1.29, 1.82) is 0 Å². The number of nitrogens with zero attached hydrogens (tertiary/aromatic N) is 1. The maximum Gasteiger partial charge on any atom is 0.455 e. The average Bonchev–Trinajstić information content (AvgIpc) is 3.29. The Bertz CT molecular complexity index is 1050. The molecule has 0 aliphatic heterocycles. The summed E-state index contributed by atoms with van der Waals surface area (Å²) < 4.78 is 77.0. The molecule has 152 valence electrons. The largest absolute Gasteiger partial charge is 0.455 e. The Hall–Kier alpha value is -2.73. The zero-order valence-corrected chi connectivity index (χ0v) is 15.5. The van der Waals surface area contributed by atoms with Crippen molar-refractivity contribution in [2.24, 2.45) is 0 Å². The summed E-state index contributed by atoms with van der Waals surface area (Å²) in [4.78, 5) is 27.4. The summed E-state index contributed by atoms with van der Waals surface area (Å²) in [5.41, 5.74) is -1.68. The van der Waals surface area contributed by atoms with Crippen LogP contribution in [-0.2, 0) is 6.18 Å². The number of alkyl halides is 6. The molecule has 4 nitrogen and oxygen atoms in total. The summed E-state index contributed by atoms with van der Waals surface area (Å²) >= 11 is 1.34. The summed E-state index contributed by atoms with van der Waals surface area (Å²) in [5, 5.41) is 3.37. The Kier molecular flexibility index (Phi) is 5.50. The van der Waals surface area contributed by atoms with Crippen LogP contribution in [0.25, 0.3) is 10.6 Å². The summed E-state index contributed by atoms with van der Waals surface area (Å²) in [6, 6.07) is 6.50. The van der Waals surface area contributed by atoms with Crippen molar-refractivity contribution in [3.05, 3.63) is 57.8 Å². The fourth-order valence-corrected chi connectivity index (χ4v) is 3.96. The first-order valence-corrected chi connectivity index (χ1v) is 9.31. The van der Waals surface area contributed by atoms with Crippen LogP contribution in [0.2, 0.25) is 0 Å². The lowest BCUT2D eigenvalue weighted by Crippen LogP contribution is -2.22. The molecular formula is C17H8F6N2O2S2. The van der Waals surface area contributed by atoms with Gasteiger partial charge in [0.15, 0.2) is 5.13 Å². The van der Waals surface area contributed by atoms with Crippen LogP contribution in [0.3, 0.4) is 0 Å². The van der Waals surface area contributed by atoms with Gasteiger partial charge in [0.25, 0.3) is 11.7 Å². The first kappa shape index (κ1) is 21.0. The van der Waals surface area contributed by atoms with Crippen molar-refractivity contribution in [3.8, 4) is 10.6 Å². The van der Waals surface area contributed by atoms with E-state index < -0.39 is 34.5 Å². The smallest absolute Gasteiger partial charge is 0.298 e. The first-order chi connectivity index (χ1) is 13.5. The predicted molar refractivity (Wildman–Crippen MR) is 95.2 cm³/mol. The lowest BCUT2D eigenvalue weighted by Gasteiger charge is -2.08. The van der Waals surface area contributed by atoms with Crippen molar-refractivity contribution in [2.75, 3.05) is 5.32 Å². The molecule has 1 aromatic carbocycles. The molecule has 3 rings (SSSR count). The molecule has 0 saturated carbocycles. The molecule has 0 bridgehead atoms. The molecule has 12 heteroatoms. The van der Waals surface area contributed by atoms with E-state index in [0.717, 1.165) is 29.5 Å². The highest BCUT2D eigenvalue weighted by atomic mass is 32.1. The number of carbonyl (C=O) groups is 2. The minimum absolute atomic E-state index is 0.258. The third kappa shape index (κ3) is 4.65. The molecule has 0 unspecified atom stereocenters. The highest BCUT2D eigenvalue weighted by Crippen LogP contribution is 2.37. The monoisotopic (exact) mass is 450 g/mol. The second-order valence-electron chi connectivity index (χ2n) is 5.53. The van der Waals surface area contributed by atoms with E-state index in [1.165, 1.54) is 6.07 Å². The number of anilines is 1. The normalized spacial score (nSPS) is 12.1. The summed E-state index contributed by atoms with van der Waals surface area (Å²) in [5.74, 6) is -3.13. The quantitative estimate of drug-likeness (QED) is 0.399. The SMILES string of the molecule is O=C(Nc1nc(-c2cccs2)c(C(=O)C(F)(F)F)s1)c1cccc(C(F)(F)F)c1. The Morgan fingerprint density at radius 2 is 1.72 bits per heavy atom. The number of benzene rings is 1. The second-order valence-corrected chi connectivity index (χ2v) is 7.48. The van der Waals surface area contributed by atoms with Gasteiger partial charge in [0, 0.05) is 5.56 Å². The van der Waals surface area contributed by atoms with Gasteiger partial charge in [-0.15, -0.1) is 11.3 Å². The molecule has 0 spiro atoms. The Morgan fingerprint density at radius 3 is 2.31 bits per heavy atom. The number of amides is 1. The van der Waals surface area contributed by atoms with E-state index >= 15 is 0 Å². The second kappa shape index (κ2) is 7.59. The van der Waals surface area contributed by atoms with Crippen molar-refractivity contribution < 1.29 is 35.9 Å². The van der Waals surface area contributed by atoms with Gasteiger partial charge >= 0.3 is 12.4 Å². The lowest BCUT2D eigenvalue weighted by atomic mass is 10.1. The number of hydrogen-bond donors (Lipinski definition) is 1. The van der Waals surface area contributed by atoms with Gasteiger partial charge in [0.2, 0.25) is 0 Å². The fraction of sp³-hybridized carbons (Fsp3) is 0.118. The van der Waals surface area contributed by atoms with E-state index in [1.807, 2.05) is 0 Å². The highest BCUT2D eigenvalue weighted by Gasteiger charge is 2.42. The Balaban J connectivity index is 1.94. The van der Waals surface area contributed by atoms with Crippen molar-refractivity contribution in [1.82, 2.24) is 4.98 Å². The van der Waals surface area contributed by atoms with Gasteiger partial charge in [-0.05, 0) is 29.6 Å². The molecule has 2 aromatic heterocycles. The zero-order valence-electron chi connectivity index (χ0n) is 13.9. The summed E-state index contributed by atoms with van der Waals surface area (Å²) in [7, 11) is 0. The molecule has 0 aliphatic carbocycles. The number of hydrogen-bond acceptors (Lipinski definition) is 5. The van der Waals surface area contributed by atoms with Gasteiger partial charge in [-0.25, -0.2) is 4.98 Å². The lowest BCUT2D eigenvalue weighted by molar-refractivity contribution is -0.137. The molecule has 0 aliphatic rings. The van der Waals surface area contributed by atoms with Gasteiger partial charge in [0.05, 0.1) is 10.4 Å². The van der Waals surface area contributed by atoms with Crippen molar-refractivity contribution >= 4 is 39.5 Å². The van der Waals surface area contributed by atoms with E-state index in [4.69, 9.17) is 0 Å². The first-order valence-electron chi connectivity index (χ1n) is 7.61. The fourth-order valence-electron chi connectivity index (χ4n) is 2.24. The van der Waals surface area contributed by atoms with E-state index in [2.05, 4.69) is 10.3 Å². The van der Waals surface area contributed by atoms with Crippen LogP contribution in [0.5, 0.6) is 0 Å². The minimum atomic E-state index is -5.15. The third-order valence-corrected chi connectivity index (χ3v) is 5.36. The van der Waals surface area contributed by atoms with Gasteiger partial charge in [-0.2, -0.15) is 26.3 Å².